The Morgan fingerprint density at radius 2 is 1.38 bits per heavy atom. The highest BCUT2D eigenvalue weighted by molar-refractivity contribution is 6.30. The van der Waals surface area contributed by atoms with Crippen LogP contribution >= 0.6 is 11.6 Å². The summed E-state index contributed by atoms with van der Waals surface area (Å²) in [5.41, 5.74) is 2.69. The van der Waals surface area contributed by atoms with Crippen molar-refractivity contribution in [2.24, 2.45) is 0 Å². The van der Waals surface area contributed by atoms with Crippen molar-refractivity contribution in [3.8, 4) is 0 Å². The van der Waals surface area contributed by atoms with Gasteiger partial charge in [-0.1, -0.05) is 11.6 Å². The van der Waals surface area contributed by atoms with Crippen LogP contribution in [0.25, 0.3) is 0 Å². The molecular formula is C20H23ClN4O. The van der Waals surface area contributed by atoms with Gasteiger partial charge in [-0.05, 0) is 61.4 Å². The van der Waals surface area contributed by atoms with Crippen LogP contribution in [0.5, 0.6) is 0 Å². The monoisotopic (exact) mass is 370 g/mol. The van der Waals surface area contributed by atoms with Crippen molar-refractivity contribution in [2.75, 3.05) is 41.7 Å². The lowest BCUT2D eigenvalue weighted by Crippen LogP contribution is -2.47. The quantitative estimate of drug-likeness (QED) is 0.845. The molecule has 0 atom stereocenters. The Hall–Kier alpha value is -2.24. The van der Waals surface area contributed by atoms with Gasteiger partial charge < -0.3 is 15.5 Å². The van der Waals surface area contributed by atoms with Crippen molar-refractivity contribution >= 4 is 34.7 Å². The number of piperazine rings is 1. The predicted molar refractivity (Wildman–Crippen MR) is 107 cm³/mol. The van der Waals surface area contributed by atoms with E-state index < -0.39 is 0 Å². The van der Waals surface area contributed by atoms with Crippen LogP contribution in [0, 0.1) is 0 Å². The average molecular weight is 371 g/mol. The molecule has 0 aromatic heterocycles. The number of halogens is 1. The number of carbonyl (C=O) groups is 1. The number of benzene rings is 2. The Labute approximate surface area is 158 Å². The van der Waals surface area contributed by atoms with Crippen molar-refractivity contribution in [3.63, 3.8) is 0 Å². The molecule has 0 unspecified atom stereocenters. The van der Waals surface area contributed by atoms with Crippen LogP contribution in [0.3, 0.4) is 0 Å². The van der Waals surface area contributed by atoms with Gasteiger partial charge in [-0.3, -0.25) is 4.90 Å². The van der Waals surface area contributed by atoms with Crippen molar-refractivity contribution in [1.82, 2.24) is 4.90 Å². The molecule has 136 valence electrons. The van der Waals surface area contributed by atoms with Gasteiger partial charge >= 0.3 is 6.03 Å². The number of nitrogens with zero attached hydrogens (tertiary/aromatic N) is 2. The van der Waals surface area contributed by atoms with Crippen LogP contribution < -0.4 is 15.5 Å². The molecule has 2 aromatic rings. The molecule has 2 amide bonds. The number of anilines is 3. The molecule has 1 aliphatic heterocycles. The fourth-order valence-electron chi connectivity index (χ4n) is 3.37. The number of amides is 2. The van der Waals surface area contributed by atoms with Crippen LogP contribution in [0.1, 0.15) is 12.8 Å². The van der Waals surface area contributed by atoms with E-state index in [0.717, 1.165) is 37.9 Å². The molecule has 1 aliphatic carbocycles. The summed E-state index contributed by atoms with van der Waals surface area (Å²) in [5.74, 6) is 0. The Balaban J connectivity index is 1.29. The second-order valence-corrected chi connectivity index (χ2v) is 7.32. The first kappa shape index (κ1) is 17.2. The summed E-state index contributed by atoms with van der Waals surface area (Å²) in [6, 6.07) is 15.7. The highest BCUT2D eigenvalue weighted by Gasteiger charge is 2.31. The second kappa shape index (κ2) is 7.56. The fourth-order valence-corrected chi connectivity index (χ4v) is 3.49. The Morgan fingerprint density at radius 1 is 0.846 bits per heavy atom. The molecule has 5 nitrogen and oxygen atoms in total. The van der Waals surface area contributed by atoms with E-state index >= 15 is 0 Å². The predicted octanol–water partition coefficient (Wildman–Crippen LogP) is 4.27. The number of rotatable bonds is 4. The minimum absolute atomic E-state index is 0.266. The van der Waals surface area contributed by atoms with Crippen molar-refractivity contribution in [3.05, 3.63) is 53.6 Å². The molecular weight excluding hydrogens is 348 g/mol. The lowest BCUT2D eigenvalue weighted by atomic mass is 10.2. The van der Waals surface area contributed by atoms with Gasteiger partial charge in [0.1, 0.15) is 0 Å². The summed E-state index contributed by atoms with van der Waals surface area (Å²) in [6.45, 7) is 4.43. The minimum Gasteiger partial charge on any atom is -0.369 e. The van der Waals surface area contributed by atoms with Crippen LogP contribution in [0.4, 0.5) is 21.9 Å². The number of hydrogen-bond acceptors (Lipinski definition) is 3. The van der Waals surface area contributed by atoms with E-state index in [1.165, 1.54) is 18.5 Å². The van der Waals surface area contributed by atoms with E-state index in [-0.39, 0.29) is 6.03 Å². The van der Waals surface area contributed by atoms with Crippen LogP contribution in [-0.2, 0) is 0 Å². The van der Waals surface area contributed by atoms with E-state index in [1.807, 2.05) is 12.1 Å². The van der Waals surface area contributed by atoms with Gasteiger partial charge in [0.2, 0.25) is 0 Å². The normalized spacial score (nSPS) is 17.8. The smallest absolute Gasteiger partial charge is 0.323 e. The zero-order valence-electron chi connectivity index (χ0n) is 14.6. The lowest BCUT2D eigenvalue weighted by molar-refractivity contribution is 0.248. The third kappa shape index (κ3) is 4.29. The lowest BCUT2D eigenvalue weighted by Gasteiger charge is -2.36. The van der Waals surface area contributed by atoms with Crippen LogP contribution in [0.15, 0.2) is 48.5 Å². The van der Waals surface area contributed by atoms with E-state index in [1.54, 1.807) is 24.3 Å². The summed E-state index contributed by atoms with van der Waals surface area (Å²) >= 11 is 5.85. The molecule has 0 bridgehead atoms. The Morgan fingerprint density at radius 3 is 1.92 bits per heavy atom. The molecule has 0 radical (unpaired) electrons. The Bertz CT molecular complexity index is 750. The van der Waals surface area contributed by atoms with Gasteiger partial charge in [-0.25, -0.2) is 4.79 Å². The van der Waals surface area contributed by atoms with Crippen LogP contribution in [-0.4, -0.2) is 43.2 Å². The summed E-state index contributed by atoms with van der Waals surface area (Å²) in [6.07, 6.45) is 2.75. The van der Waals surface area contributed by atoms with Gasteiger partial charge in [0, 0.05) is 54.3 Å². The van der Waals surface area contributed by atoms with E-state index in [0.29, 0.717) is 10.7 Å². The number of hydrogen-bond donors (Lipinski definition) is 2. The topological polar surface area (TPSA) is 47.6 Å². The summed E-state index contributed by atoms with van der Waals surface area (Å²) < 4.78 is 0. The van der Waals surface area contributed by atoms with Crippen LogP contribution in [0.2, 0.25) is 5.02 Å². The SMILES string of the molecule is O=C(Nc1ccc(Cl)cc1)Nc1ccc(N2CCN(C3CC3)CC2)cc1. The van der Waals surface area contributed by atoms with Crippen molar-refractivity contribution in [2.45, 2.75) is 18.9 Å². The Kier molecular flexibility index (Phi) is 5.00. The molecule has 0 spiro atoms. The van der Waals surface area contributed by atoms with E-state index in [2.05, 4.69) is 32.6 Å². The summed E-state index contributed by atoms with van der Waals surface area (Å²) in [7, 11) is 0. The number of urea groups is 1. The molecule has 2 aromatic carbocycles. The standard InChI is InChI=1S/C20H23ClN4O/c21-15-1-3-16(4-2-15)22-20(26)23-17-5-7-18(8-6-17)24-11-13-25(14-12-24)19-9-10-19/h1-8,19H,9-14H2,(H2,22,23,26). The zero-order valence-corrected chi connectivity index (χ0v) is 15.4. The maximum absolute atomic E-state index is 12.1. The van der Waals surface area contributed by atoms with E-state index in [9.17, 15) is 4.79 Å². The molecule has 6 heteroatoms. The molecule has 1 heterocycles. The second-order valence-electron chi connectivity index (χ2n) is 6.89. The molecule has 1 saturated heterocycles. The van der Waals surface area contributed by atoms with Gasteiger partial charge in [-0.15, -0.1) is 0 Å². The van der Waals surface area contributed by atoms with Crippen molar-refractivity contribution < 1.29 is 4.79 Å². The van der Waals surface area contributed by atoms with Gasteiger partial charge in [0.25, 0.3) is 0 Å². The molecule has 1 saturated carbocycles. The fraction of sp³-hybridized carbons (Fsp3) is 0.350. The molecule has 2 aliphatic rings. The first-order chi connectivity index (χ1) is 12.7. The van der Waals surface area contributed by atoms with E-state index in [4.69, 9.17) is 11.6 Å². The zero-order chi connectivity index (χ0) is 17.9. The highest BCUT2D eigenvalue weighted by atomic mass is 35.5. The van der Waals surface area contributed by atoms with Gasteiger partial charge in [-0.2, -0.15) is 0 Å². The van der Waals surface area contributed by atoms with Gasteiger partial charge in [0.05, 0.1) is 0 Å². The average Bonchev–Trinajstić information content (AvgIpc) is 3.50. The maximum Gasteiger partial charge on any atom is 0.323 e. The molecule has 26 heavy (non-hydrogen) atoms. The number of nitrogens with one attached hydrogen (secondary N) is 2. The summed E-state index contributed by atoms with van der Waals surface area (Å²) in [5, 5.41) is 6.29. The third-order valence-corrected chi connectivity index (χ3v) is 5.22. The van der Waals surface area contributed by atoms with Crippen molar-refractivity contribution in [1.29, 1.82) is 0 Å². The third-order valence-electron chi connectivity index (χ3n) is 4.97. The van der Waals surface area contributed by atoms with Gasteiger partial charge in [0.15, 0.2) is 0 Å². The molecule has 2 fully saturated rings. The first-order valence-corrected chi connectivity index (χ1v) is 9.48. The largest absolute Gasteiger partial charge is 0.369 e. The highest BCUT2D eigenvalue weighted by Crippen LogP contribution is 2.28. The summed E-state index contributed by atoms with van der Waals surface area (Å²) in [4.78, 5) is 17.1. The molecule has 4 rings (SSSR count). The number of carbonyl (C=O) groups excluding carboxylic acids is 1. The first-order valence-electron chi connectivity index (χ1n) is 9.10. The minimum atomic E-state index is -0.266. The maximum atomic E-state index is 12.1. The molecule has 2 N–H and O–H groups in total.